The van der Waals surface area contributed by atoms with Crippen LogP contribution in [0, 0.1) is 13.8 Å². The highest BCUT2D eigenvalue weighted by Gasteiger charge is 2.12. The van der Waals surface area contributed by atoms with Crippen LogP contribution < -0.4 is 10.9 Å². The van der Waals surface area contributed by atoms with Crippen LogP contribution in [-0.2, 0) is 6.54 Å². The average molecular weight is 271 g/mol. The van der Waals surface area contributed by atoms with Crippen molar-refractivity contribution >= 4 is 0 Å². The predicted octanol–water partition coefficient (Wildman–Crippen LogP) is 2.21. The molecular formula is C16H21N3O. The summed E-state index contributed by atoms with van der Waals surface area (Å²) in [6.45, 7) is 7.41. The molecule has 0 radical (unpaired) electrons. The second-order valence-corrected chi connectivity index (χ2v) is 5.02. The normalized spacial score (nSPS) is 12.3. The molecule has 0 saturated heterocycles. The standard InChI is InChI=1S/C16H21N3O/c1-4-17-15(14-8-5-12(2)6-9-14)11-19-16(20)10-7-13(3)18-19/h5-10,15,17H,4,11H2,1-3H3. The lowest BCUT2D eigenvalue weighted by Crippen LogP contribution is -2.31. The number of likely N-dealkylation sites (N-methyl/N-ethyl adjacent to an activating group) is 1. The molecule has 2 rings (SSSR count). The van der Waals surface area contributed by atoms with Gasteiger partial charge in [0.2, 0.25) is 0 Å². The van der Waals surface area contributed by atoms with Crippen LogP contribution in [0.15, 0.2) is 41.2 Å². The Labute approximate surface area is 119 Å². The molecule has 4 heteroatoms. The fraction of sp³-hybridized carbons (Fsp3) is 0.375. The fourth-order valence-electron chi connectivity index (χ4n) is 2.19. The van der Waals surface area contributed by atoms with E-state index in [-0.39, 0.29) is 11.6 Å². The van der Waals surface area contributed by atoms with Gasteiger partial charge in [0, 0.05) is 6.07 Å². The van der Waals surface area contributed by atoms with E-state index in [1.165, 1.54) is 15.8 Å². The number of nitrogens with zero attached hydrogens (tertiary/aromatic N) is 2. The van der Waals surface area contributed by atoms with Gasteiger partial charge >= 0.3 is 0 Å². The minimum Gasteiger partial charge on any atom is -0.309 e. The van der Waals surface area contributed by atoms with Crippen LogP contribution in [0.25, 0.3) is 0 Å². The highest BCUT2D eigenvalue weighted by molar-refractivity contribution is 5.24. The second kappa shape index (κ2) is 6.48. The number of hydrogen-bond acceptors (Lipinski definition) is 3. The van der Waals surface area contributed by atoms with Gasteiger partial charge < -0.3 is 5.32 Å². The fourth-order valence-corrected chi connectivity index (χ4v) is 2.19. The summed E-state index contributed by atoms with van der Waals surface area (Å²) in [6, 6.07) is 11.8. The van der Waals surface area contributed by atoms with Gasteiger partial charge in [0.05, 0.1) is 18.3 Å². The van der Waals surface area contributed by atoms with E-state index in [1.54, 1.807) is 12.1 Å². The molecule has 0 amide bonds. The quantitative estimate of drug-likeness (QED) is 0.907. The molecule has 1 heterocycles. The number of hydrogen-bond donors (Lipinski definition) is 1. The van der Waals surface area contributed by atoms with E-state index in [0.29, 0.717) is 6.54 Å². The minimum absolute atomic E-state index is 0.0642. The molecule has 0 saturated carbocycles. The van der Waals surface area contributed by atoms with Gasteiger partial charge in [-0.05, 0) is 32.0 Å². The van der Waals surface area contributed by atoms with E-state index in [4.69, 9.17) is 0 Å². The van der Waals surface area contributed by atoms with Gasteiger partial charge in [-0.2, -0.15) is 5.10 Å². The van der Waals surface area contributed by atoms with Gasteiger partial charge in [0.25, 0.3) is 5.56 Å². The van der Waals surface area contributed by atoms with Crippen LogP contribution in [0.5, 0.6) is 0 Å². The Hall–Kier alpha value is -1.94. The first-order valence-corrected chi connectivity index (χ1v) is 6.95. The van der Waals surface area contributed by atoms with Crippen molar-refractivity contribution in [3.63, 3.8) is 0 Å². The molecule has 1 atom stereocenters. The predicted molar refractivity (Wildman–Crippen MR) is 80.8 cm³/mol. The van der Waals surface area contributed by atoms with Crippen LogP contribution >= 0.6 is 0 Å². The van der Waals surface area contributed by atoms with Crippen LogP contribution in [0.4, 0.5) is 0 Å². The lowest BCUT2D eigenvalue weighted by molar-refractivity contribution is 0.432. The Kier molecular flexibility index (Phi) is 4.69. The molecule has 0 bridgehead atoms. The summed E-state index contributed by atoms with van der Waals surface area (Å²) in [5.41, 5.74) is 3.19. The number of benzene rings is 1. The number of rotatable bonds is 5. The summed E-state index contributed by atoms with van der Waals surface area (Å²) < 4.78 is 1.53. The van der Waals surface area contributed by atoms with Crippen molar-refractivity contribution < 1.29 is 0 Å². The molecule has 0 aliphatic rings. The molecule has 0 fully saturated rings. The Balaban J connectivity index is 2.27. The van der Waals surface area contributed by atoms with E-state index in [1.807, 2.05) is 6.92 Å². The third-order valence-electron chi connectivity index (χ3n) is 3.29. The lowest BCUT2D eigenvalue weighted by Gasteiger charge is -2.19. The topological polar surface area (TPSA) is 46.9 Å². The van der Waals surface area contributed by atoms with Gasteiger partial charge in [-0.25, -0.2) is 4.68 Å². The zero-order valence-corrected chi connectivity index (χ0v) is 12.3. The van der Waals surface area contributed by atoms with Crippen molar-refractivity contribution in [3.05, 3.63) is 63.6 Å². The molecule has 1 aromatic heterocycles. The lowest BCUT2D eigenvalue weighted by atomic mass is 10.1. The number of nitrogens with one attached hydrogen (secondary N) is 1. The van der Waals surface area contributed by atoms with Gasteiger partial charge in [-0.1, -0.05) is 36.8 Å². The molecule has 106 valence electrons. The van der Waals surface area contributed by atoms with E-state index < -0.39 is 0 Å². The molecule has 20 heavy (non-hydrogen) atoms. The first-order valence-electron chi connectivity index (χ1n) is 6.95. The Morgan fingerprint density at radius 1 is 1.15 bits per heavy atom. The van der Waals surface area contributed by atoms with Gasteiger partial charge in [0.1, 0.15) is 0 Å². The van der Waals surface area contributed by atoms with Crippen molar-refractivity contribution in [2.75, 3.05) is 6.54 Å². The average Bonchev–Trinajstić information content (AvgIpc) is 2.43. The number of aryl methyl sites for hydroxylation is 2. The highest BCUT2D eigenvalue weighted by Crippen LogP contribution is 2.15. The van der Waals surface area contributed by atoms with Gasteiger partial charge in [-0.15, -0.1) is 0 Å². The molecule has 1 N–H and O–H groups in total. The molecule has 1 unspecified atom stereocenters. The zero-order chi connectivity index (χ0) is 14.5. The molecular weight excluding hydrogens is 250 g/mol. The summed E-state index contributed by atoms with van der Waals surface area (Å²) in [6.07, 6.45) is 0. The minimum atomic E-state index is -0.0642. The smallest absolute Gasteiger partial charge is 0.266 e. The van der Waals surface area contributed by atoms with Crippen LogP contribution in [0.1, 0.15) is 29.8 Å². The molecule has 0 spiro atoms. The maximum Gasteiger partial charge on any atom is 0.266 e. The summed E-state index contributed by atoms with van der Waals surface area (Å²) >= 11 is 0. The van der Waals surface area contributed by atoms with E-state index in [9.17, 15) is 4.79 Å². The molecule has 0 aliphatic heterocycles. The maximum absolute atomic E-state index is 11.9. The van der Waals surface area contributed by atoms with Crippen molar-refractivity contribution in [1.82, 2.24) is 15.1 Å². The Morgan fingerprint density at radius 3 is 2.50 bits per heavy atom. The summed E-state index contributed by atoms with van der Waals surface area (Å²) in [5, 5.41) is 7.72. The van der Waals surface area contributed by atoms with Crippen molar-refractivity contribution in [2.24, 2.45) is 0 Å². The first kappa shape index (κ1) is 14.5. The third-order valence-corrected chi connectivity index (χ3v) is 3.29. The van der Waals surface area contributed by atoms with Crippen LogP contribution in [-0.4, -0.2) is 16.3 Å². The summed E-state index contributed by atoms with van der Waals surface area (Å²) in [5.74, 6) is 0. The van der Waals surface area contributed by atoms with E-state index in [2.05, 4.69) is 48.5 Å². The zero-order valence-electron chi connectivity index (χ0n) is 12.3. The molecule has 1 aromatic carbocycles. The van der Waals surface area contributed by atoms with Crippen molar-refractivity contribution in [1.29, 1.82) is 0 Å². The van der Waals surface area contributed by atoms with Crippen molar-refractivity contribution in [3.8, 4) is 0 Å². The number of aromatic nitrogens is 2. The summed E-state index contributed by atoms with van der Waals surface area (Å²) in [7, 11) is 0. The largest absolute Gasteiger partial charge is 0.309 e. The molecule has 2 aromatic rings. The third kappa shape index (κ3) is 3.54. The van der Waals surface area contributed by atoms with E-state index >= 15 is 0 Å². The van der Waals surface area contributed by atoms with Crippen LogP contribution in [0.2, 0.25) is 0 Å². The first-order chi connectivity index (χ1) is 9.60. The van der Waals surface area contributed by atoms with E-state index in [0.717, 1.165) is 12.2 Å². The Morgan fingerprint density at radius 2 is 1.85 bits per heavy atom. The second-order valence-electron chi connectivity index (χ2n) is 5.02. The van der Waals surface area contributed by atoms with Crippen molar-refractivity contribution in [2.45, 2.75) is 33.4 Å². The Bertz CT molecular complexity index is 616. The van der Waals surface area contributed by atoms with Gasteiger partial charge in [-0.3, -0.25) is 4.79 Å². The van der Waals surface area contributed by atoms with Crippen LogP contribution in [0.3, 0.4) is 0 Å². The van der Waals surface area contributed by atoms with Gasteiger partial charge in [0.15, 0.2) is 0 Å². The SMILES string of the molecule is CCNC(Cn1nc(C)ccc1=O)c1ccc(C)cc1. The summed E-state index contributed by atoms with van der Waals surface area (Å²) in [4.78, 5) is 11.9. The molecule has 4 nitrogen and oxygen atoms in total. The highest BCUT2D eigenvalue weighted by atomic mass is 16.1. The molecule has 0 aliphatic carbocycles. The maximum atomic E-state index is 11.9. The monoisotopic (exact) mass is 271 g/mol.